The van der Waals surface area contributed by atoms with E-state index >= 15 is 0 Å². The lowest BCUT2D eigenvalue weighted by atomic mass is 10.1. The highest BCUT2D eigenvalue weighted by Crippen LogP contribution is 2.26. The van der Waals surface area contributed by atoms with Gasteiger partial charge >= 0.3 is 12.1 Å². The number of halogens is 1. The molecule has 0 saturated carbocycles. The Hall–Kier alpha value is -2.99. The number of esters is 1. The normalized spacial score (nSPS) is 13.7. The highest BCUT2D eigenvalue weighted by atomic mass is 127. The number of benzene rings is 2. The van der Waals surface area contributed by atoms with Gasteiger partial charge in [-0.25, -0.2) is 9.59 Å². The zero-order chi connectivity index (χ0) is 26.3. The molecule has 1 heterocycles. The molecule has 1 aliphatic heterocycles. The van der Waals surface area contributed by atoms with Gasteiger partial charge in [-0.15, -0.1) is 6.58 Å². The fourth-order valence-corrected chi connectivity index (χ4v) is 4.82. The molecule has 1 aliphatic rings. The number of imide groups is 1. The molecule has 1 atom stereocenters. The molecule has 0 radical (unpaired) electrons. The summed E-state index contributed by atoms with van der Waals surface area (Å²) < 4.78 is 11.9. The quantitative estimate of drug-likeness (QED) is 0.0933. The summed E-state index contributed by atoms with van der Waals surface area (Å²) in [5.74, 6) is -1.93. The molecule has 0 bridgehead atoms. The van der Waals surface area contributed by atoms with Crippen LogP contribution in [0.2, 0.25) is 13.1 Å². The van der Waals surface area contributed by atoms with Gasteiger partial charge in [-0.1, -0.05) is 84.2 Å². The maximum Gasteiger partial charge on any atom is 0.410 e. The first kappa shape index (κ1) is 27.6. The Morgan fingerprint density at radius 3 is 2.17 bits per heavy atom. The molecule has 0 unspecified atom stereocenters. The van der Waals surface area contributed by atoms with Crippen LogP contribution in [-0.4, -0.2) is 71.2 Å². The van der Waals surface area contributed by atoms with Crippen molar-refractivity contribution in [1.82, 2.24) is 9.80 Å². The Morgan fingerprint density at radius 1 is 1.03 bits per heavy atom. The predicted octanol–water partition coefficient (Wildman–Crippen LogP) is 4.24. The lowest BCUT2D eigenvalue weighted by Gasteiger charge is -2.30. The van der Waals surface area contributed by atoms with Gasteiger partial charge in [0.1, 0.15) is 14.7 Å². The number of rotatable bonds is 11. The van der Waals surface area contributed by atoms with Gasteiger partial charge in [0.2, 0.25) is 0 Å². The number of hydrogen-bond acceptors (Lipinski definition) is 6. The Morgan fingerprint density at radius 2 is 1.61 bits per heavy atom. The van der Waals surface area contributed by atoms with Crippen molar-refractivity contribution in [2.24, 2.45) is 0 Å². The van der Waals surface area contributed by atoms with Crippen LogP contribution in [0.5, 0.6) is 0 Å². The average Bonchev–Trinajstić information content (AvgIpc) is 3.14. The number of alkyl halides is 1. The maximum atomic E-state index is 13.3. The third kappa shape index (κ3) is 6.61. The van der Waals surface area contributed by atoms with Crippen molar-refractivity contribution in [2.75, 3.05) is 23.4 Å². The van der Waals surface area contributed by atoms with E-state index in [0.29, 0.717) is 0 Å². The van der Waals surface area contributed by atoms with Gasteiger partial charge in [0.05, 0.1) is 23.9 Å². The van der Waals surface area contributed by atoms with Crippen LogP contribution in [0.1, 0.15) is 26.3 Å². The zero-order valence-corrected chi connectivity index (χ0v) is 23.5. The second-order valence-electron chi connectivity index (χ2n) is 9.18. The average molecular weight is 621 g/mol. The minimum atomic E-state index is -1.82. The number of carbonyl (C=O) groups is 4. The fourth-order valence-electron chi connectivity index (χ4n) is 3.55. The van der Waals surface area contributed by atoms with Gasteiger partial charge in [-0.2, -0.15) is 0 Å². The van der Waals surface area contributed by atoms with Gasteiger partial charge in [0.25, 0.3) is 11.8 Å². The molecule has 2 aromatic carbocycles. The molecular weight excluding hydrogens is 591 g/mol. The summed E-state index contributed by atoms with van der Waals surface area (Å²) in [5, 5.41) is 0. The van der Waals surface area contributed by atoms with E-state index in [1.54, 1.807) is 24.3 Å². The van der Waals surface area contributed by atoms with E-state index in [2.05, 4.69) is 42.3 Å². The molecule has 3 amide bonds. The maximum absolute atomic E-state index is 13.3. The number of amides is 3. The molecule has 8 nitrogen and oxygen atoms in total. The van der Waals surface area contributed by atoms with E-state index in [0.717, 1.165) is 14.5 Å². The lowest BCUT2D eigenvalue weighted by Crippen LogP contribution is -2.53. The molecular formula is C26H29IN2O6Si. The Labute approximate surface area is 225 Å². The van der Waals surface area contributed by atoms with Crippen LogP contribution in [0, 0.1) is 0 Å². The minimum Gasteiger partial charge on any atom is -0.468 e. The zero-order valence-electron chi connectivity index (χ0n) is 20.3. The highest BCUT2D eigenvalue weighted by Gasteiger charge is 2.45. The van der Waals surface area contributed by atoms with E-state index < -0.39 is 38.0 Å². The standard InChI is InChI=1S/C26H29IN2O6Si/c1-4-14-28(26(33)34-16-19-10-6-5-7-11-19)15-22(25(32)35-18-36(2,3)17-27)29-23(30)20-12-8-9-13-21(20)24(29)31/h4-13,22H,1,14-18H2,2-3H3/t22-/m0/s1. The van der Waals surface area contributed by atoms with Crippen LogP contribution in [0.4, 0.5) is 4.79 Å². The van der Waals surface area contributed by atoms with Crippen molar-refractivity contribution in [1.29, 1.82) is 0 Å². The summed E-state index contributed by atoms with van der Waals surface area (Å²) in [6.45, 7) is 7.64. The number of ether oxygens (including phenoxy) is 2. The number of nitrogens with zero attached hydrogens (tertiary/aromatic N) is 2. The molecule has 10 heteroatoms. The summed E-state index contributed by atoms with van der Waals surface area (Å²) in [4.78, 5) is 54.8. The Balaban J connectivity index is 1.85. The van der Waals surface area contributed by atoms with Gasteiger partial charge in [-0.3, -0.25) is 14.5 Å². The summed E-state index contributed by atoms with van der Waals surface area (Å²) >= 11 is 2.26. The highest BCUT2D eigenvalue weighted by molar-refractivity contribution is 14.1. The van der Waals surface area contributed by atoms with E-state index in [-0.39, 0.29) is 37.1 Å². The first-order valence-corrected chi connectivity index (χ1v) is 16.4. The van der Waals surface area contributed by atoms with Crippen molar-refractivity contribution in [3.63, 3.8) is 0 Å². The number of hydrogen-bond donors (Lipinski definition) is 0. The Kier molecular flexibility index (Phi) is 9.43. The second kappa shape index (κ2) is 12.3. The van der Waals surface area contributed by atoms with Crippen LogP contribution in [0.25, 0.3) is 0 Å². The smallest absolute Gasteiger partial charge is 0.410 e. The van der Waals surface area contributed by atoms with Crippen LogP contribution in [0.3, 0.4) is 0 Å². The SMILES string of the molecule is C=CCN(C[C@@H](C(=O)OC[Si](C)(C)CI)N1C(=O)c2ccccc2C1=O)C(=O)OCc1ccccc1. The predicted molar refractivity (Wildman–Crippen MR) is 146 cm³/mol. The summed E-state index contributed by atoms with van der Waals surface area (Å²) in [7, 11) is -1.82. The van der Waals surface area contributed by atoms with Gasteiger partial charge in [0, 0.05) is 6.54 Å². The van der Waals surface area contributed by atoms with Gasteiger partial charge < -0.3 is 14.4 Å². The van der Waals surface area contributed by atoms with Gasteiger partial charge in [0.15, 0.2) is 6.04 Å². The van der Waals surface area contributed by atoms with E-state index in [4.69, 9.17) is 9.47 Å². The summed E-state index contributed by atoms with van der Waals surface area (Å²) in [6, 6.07) is 14.2. The first-order valence-electron chi connectivity index (χ1n) is 11.4. The number of carbonyl (C=O) groups excluding carboxylic acids is 4. The first-order chi connectivity index (χ1) is 17.2. The third-order valence-electron chi connectivity index (χ3n) is 5.58. The lowest BCUT2D eigenvalue weighted by molar-refractivity contribution is -0.147. The van der Waals surface area contributed by atoms with Gasteiger partial charge in [-0.05, 0) is 21.7 Å². The molecule has 0 aromatic heterocycles. The van der Waals surface area contributed by atoms with Crippen molar-refractivity contribution in [2.45, 2.75) is 25.7 Å². The molecule has 3 rings (SSSR count). The molecule has 2 aromatic rings. The monoisotopic (exact) mass is 620 g/mol. The molecule has 190 valence electrons. The molecule has 0 spiro atoms. The minimum absolute atomic E-state index is 0.0326. The van der Waals surface area contributed by atoms with E-state index in [1.165, 1.54) is 11.0 Å². The van der Waals surface area contributed by atoms with Crippen molar-refractivity contribution < 1.29 is 28.7 Å². The second-order valence-corrected chi connectivity index (χ2v) is 16.4. The largest absolute Gasteiger partial charge is 0.468 e. The molecule has 0 aliphatic carbocycles. The van der Waals surface area contributed by atoms with E-state index in [1.807, 2.05) is 30.3 Å². The van der Waals surface area contributed by atoms with Crippen LogP contribution < -0.4 is 0 Å². The van der Waals surface area contributed by atoms with Crippen molar-refractivity contribution in [3.8, 4) is 0 Å². The van der Waals surface area contributed by atoms with Crippen LogP contribution in [-0.2, 0) is 20.9 Å². The van der Waals surface area contributed by atoms with Crippen LogP contribution in [0.15, 0.2) is 67.3 Å². The summed E-state index contributed by atoms with van der Waals surface area (Å²) in [5.41, 5.74) is 1.22. The topological polar surface area (TPSA) is 93.2 Å². The third-order valence-corrected chi connectivity index (χ3v) is 13.4. The van der Waals surface area contributed by atoms with Crippen LogP contribution >= 0.6 is 22.6 Å². The van der Waals surface area contributed by atoms with Crippen molar-refractivity contribution >= 4 is 54.5 Å². The fraction of sp³-hybridized carbons (Fsp3) is 0.308. The Bertz CT molecular complexity index is 1110. The molecule has 0 saturated heterocycles. The summed E-state index contributed by atoms with van der Waals surface area (Å²) in [6.07, 6.45) is 1.02. The van der Waals surface area contributed by atoms with E-state index in [9.17, 15) is 19.2 Å². The molecule has 0 fully saturated rings. The molecule has 0 N–H and O–H groups in total. The molecule has 36 heavy (non-hydrogen) atoms. The van der Waals surface area contributed by atoms with Crippen molar-refractivity contribution in [3.05, 3.63) is 83.9 Å². The number of fused-ring (bicyclic) bond motifs is 1.